The van der Waals surface area contributed by atoms with E-state index in [0.29, 0.717) is 12.1 Å². The van der Waals surface area contributed by atoms with Gasteiger partial charge in [0, 0.05) is 25.1 Å². The second-order valence-corrected chi connectivity index (χ2v) is 19.6. The number of alkyl halides is 2. The van der Waals surface area contributed by atoms with Crippen molar-refractivity contribution in [3.05, 3.63) is 49.4 Å². The first-order valence-corrected chi connectivity index (χ1v) is 23.7. The summed E-state index contributed by atoms with van der Waals surface area (Å²) in [5.41, 5.74) is 6.56. The molecule has 4 aliphatic heterocycles. The number of hydrogen-bond donors (Lipinski definition) is 4. The normalized spacial score (nSPS) is 31.3. The molecule has 9 heterocycles. The molecule has 0 aromatic carbocycles. The standard InChI is InChI=1S/C31H32F2N14O12P2S2/c32-19-23-15(56-29(19)46-12-39-21-25(34)35-10-37-27(21)46)8-54-61(52,63)59-24-16(9-55-60(51,62)58-23)57-30(20(24)33)47-13-40-22-26(36-11-38-28(22)47)41-31(50)53-5-1-4-44-6-14(42-43-44)7-45-17(48)2-3-18(45)49/h2-3,6,10-13,15-16,19-20,23-24,29-30H,1,4-5,7-9H2,(H,51,62)(H,52,63)(H2,34,35,37)(H,36,38,41,50)/t15-,16-,19-,20-,23-,24-,29-,30-,60?,61?/m1/s1. The number of aromatic nitrogens is 11. The molecule has 334 valence electrons. The van der Waals surface area contributed by atoms with Crippen molar-refractivity contribution in [2.24, 2.45) is 0 Å². The Kier molecular flexibility index (Phi) is 11.8. The number of hydrogen-bond acceptors (Lipinski definition) is 21. The highest BCUT2D eigenvalue weighted by molar-refractivity contribution is 8.07. The first-order chi connectivity index (χ1) is 30.1. The van der Waals surface area contributed by atoms with Crippen LogP contribution in [0.3, 0.4) is 0 Å². The highest BCUT2D eigenvalue weighted by atomic mass is 32.5. The summed E-state index contributed by atoms with van der Waals surface area (Å²) in [6.07, 6.45) is -5.46. The van der Waals surface area contributed by atoms with Gasteiger partial charge in [0.1, 0.15) is 48.3 Å². The first kappa shape index (κ1) is 43.3. The molecule has 0 saturated carbocycles. The van der Waals surface area contributed by atoms with Crippen LogP contribution in [0.5, 0.6) is 0 Å². The van der Waals surface area contributed by atoms with E-state index in [1.807, 2.05) is 0 Å². The predicted octanol–water partition coefficient (Wildman–Crippen LogP) is 0.625. The van der Waals surface area contributed by atoms with Crippen LogP contribution in [0.25, 0.3) is 22.3 Å². The van der Waals surface area contributed by atoms with Crippen molar-refractivity contribution in [3.8, 4) is 0 Å². The molecule has 3 fully saturated rings. The Hall–Kier alpha value is -4.97. The van der Waals surface area contributed by atoms with E-state index in [1.54, 1.807) is 6.20 Å². The van der Waals surface area contributed by atoms with Gasteiger partial charge in [-0.25, -0.2) is 43.5 Å². The van der Waals surface area contributed by atoms with E-state index >= 15 is 8.78 Å². The van der Waals surface area contributed by atoms with Crippen LogP contribution >= 0.6 is 13.4 Å². The van der Waals surface area contributed by atoms with E-state index in [2.05, 4.69) is 45.5 Å². The van der Waals surface area contributed by atoms with Crippen LogP contribution in [0, 0.1) is 0 Å². The Morgan fingerprint density at radius 1 is 0.873 bits per heavy atom. The molecule has 9 rings (SSSR count). The van der Waals surface area contributed by atoms with Crippen LogP contribution in [0.2, 0.25) is 0 Å². The smallest absolute Gasteiger partial charge is 0.412 e. The Balaban J connectivity index is 0.840. The molecular formula is C31H32F2N14O12P2S2. The molecule has 10 atom stereocenters. The number of imide groups is 1. The van der Waals surface area contributed by atoms with Crippen molar-refractivity contribution in [1.29, 1.82) is 0 Å². The van der Waals surface area contributed by atoms with E-state index in [1.165, 1.54) is 32.3 Å². The van der Waals surface area contributed by atoms with Gasteiger partial charge >= 0.3 is 19.5 Å². The molecule has 0 bridgehead atoms. The zero-order chi connectivity index (χ0) is 44.2. The zero-order valence-corrected chi connectivity index (χ0v) is 35.2. The lowest BCUT2D eigenvalue weighted by Gasteiger charge is -2.29. The highest BCUT2D eigenvalue weighted by Gasteiger charge is 2.54. The van der Waals surface area contributed by atoms with Crippen molar-refractivity contribution in [2.45, 2.75) is 68.7 Å². The van der Waals surface area contributed by atoms with Crippen LogP contribution in [0.4, 0.5) is 25.2 Å². The maximum atomic E-state index is 16.5. The molecule has 2 unspecified atom stereocenters. The lowest BCUT2D eigenvalue weighted by atomic mass is 10.1. The third-order valence-electron chi connectivity index (χ3n) is 9.93. The number of ether oxygens (including phenoxy) is 3. The van der Waals surface area contributed by atoms with Gasteiger partial charge < -0.3 is 38.8 Å². The van der Waals surface area contributed by atoms with E-state index in [9.17, 15) is 24.2 Å². The molecule has 63 heavy (non-hydrogen) atoms. The van der Waals surface area contributed by atoms with Crippen LogP contribution in [0.1, 0.15) is 24.6 Å². The largest absolute Gasteiger partial charge is 0.449 e. The summed E-state index contributed by atoms with van der Waals surface area (Å²) in [5, 5.41) is 10.4. The van der Waals surface area contributed by atoms with Crippen molar-refractivity contribution < 1.29 is 65.3 Å². The van der Waals surface area contributed by atoms with Gasteiger partial charge in [-0.05, 0) is 23.6 Å². The van der Waals surface area contributed by atoms with Crippen molar-refractivity contribution in [3.63, 3.8) is 0 Å². The van der Waals surface area contributed by atoms with Crippen LogP contribution < -0.4 is 11.1 Å². The number of anilines is 2. The van der Waals surface area contributed by atoms with Crippen molar-refractivity contribution >= 4 is 88.9 Å². The lowest BCUT2D eigenvalue weighted by Crippen LogP contribution is -2.37. The third-order valence-corrected chi connectivity index (χ3v) is 13.1. The minimum Gasteiger partial charge on any atom is -0.449 e. The molecule has 5 N–H and O–H groups in total. The predicted molar refractivity (Wildman–Crippen MR) is 212 cm³/mol. The number of carbonyl (C=O) groups excluding carboxylic acids is 3. The van der Waals surface area contributed by atoms with E-state index in [-0.39, 0.29) is 53.7 Å². The number of rotatable bonds is 9. The van der Waals surface area contributed by atoms with Crippen LogP contribution in [0.15, 0.2) is 43.7 Å². The maximum absolute atomic E-state index is 16.5. The lowest BCUT2D eigenvalue weighted by molar-refractivity contribution is -0.137. The molecule has 0 radical (unpaired) electrons. The fourth-order valence-corrected chi connectivity index (χ4v) is 9.91. The molecule has 4 aliphatic rings. The molecule has 26 nitrogen and oxygen atoms in total. The first-order valence-electron chi connectivity index (χ1n) is 18.5. The molecule has 0 spiro atoms. The van der Waals surface area contributed by atoms with Gasteiger partial charge in [0.25, 0.3) is 11.8 Å². The van der Waals surface area contributed by atoms with Crippen LogP contribution in [-0.2, 0) is 78.6 Å². The average Bonchev–Trinajstić information content (AvgIpc) is 4.11. The minimum atomic E-state index is -4.37. The number of nitrogen functional groups attached to an aromatic ring is 1. The fourth-order valence-electron chi connectivity index (χ4n) is 7.04. The van der Waals surface area contributed by atoms with E-state index < -0.39 is 93.8 Å². The average molecular weight is 957 g/mol. The van der Waals surface area contributed by atoms with Gasteiger partial charge in [-0.2, -0.15) is 0 Å². The number of imidazole rings is 2. The number of halogens is 2. The number of aryl methyl sites for hydroxylation is 1. The summed E-state index contributed by atoms with van der Waals surface area (Å²) in [6.45, 7) is -9.89. The Bertz CT molecular complexity index is 2710. The summed E-state index contributed by atoms with van der Waals surface area (Å²) in [5.74, 6) is -0.958. The number of amides is 3. The van der Waals surface area contributed by atoms with Gasteiger partial charge in [0.2, 0.25) is 0 Å². The summed E-state index contributed by atoms with van der Waals surface area (Å²) in [4.78, 5) is 84.2. The number of carbonyl (C=O) groups is 3. The van der Waals surface area contributed by atoms with Gasteiger partial charge in [-0.15, -0.1) is 5.10 Å². The van der Waals surface area contributed by atoms with Crippen molar-refractivity contribution in [2.75, 3.05) is 30.9 Å². The van der Waals surface area contributed by atoms with Crippen molar-refractivity contribution in [1.82, 2.24) is 58.9 Å². The molecule has 5 aromatic heterocycles. The molecule has 0 aliphatic carbocycles. The molecule has 3 amide bonds. The summed E-state index contributed by atoms with van der Waals surface area (Å²) >= 11 is 10.4. The topological polar surface area (TPSA) is 315 Å². The van der Waals surface area contributed by atoms with E-state index in [4.69, 9.17) is 61.7 Å². The van der Waals surface area contributed by atoms with Gasteiger partial charge in [0.05, 0.1) is 45.2 Å². The second-order valence-electron chi connectivity index (χ2n) is 14.0. The number of nitrogens with one attached hydrogen (secondary N) is 1. The molecular weight excluding hydrogens is 925 g/mol. The summed E-state index contributed by atoms with van der Waals surface area (Å²) in [6, 6.07) is 0. The highest BCUT2D eigenvalue weighted by Crippen LogP contribution is 2.54. The maximum Gasteiger partial charge on any atom is 0.412 e. The second kappa shape index (κ2) is 17.2. The minimum absolute atomic E-state index is 0.00807. The van der Waals surface area contributed by atoms with Gasteiger partial charge in [0.15, 0.2) is 53.2 Å². The molecule has 5 aromatic rings. The summed E-state index contributed by atoms with van der Waals surface area (Å²) in [7, 11) is 0. The fraction of sp³-hybridized carbons (Fsp3) is 0.452. The Morgan fingerprint density at radius 3 is 2.06 bits per heavy atom. The van der Waals surface area contributed by atoms with Crippen LogP contribution in [-0.4, -0.2) is 143 Å². The monoisotopic (exact) mass is 956 g/mol. The van der Waals surface area contributed by atoms with Gasteiger partial charge in [-0.1, -0.05) is 5.21 Å². The number of fused-ring (bicyclic) bond motifs is 4. The SMILES string of the molecule is Nc1ncnc2c1ncn2[C@@H]1O[C@@H]2COP(O)(=S)O[C@H]3[C@@H](F)[C@H](n4cnc5c(NC(=O)OCCCn6cc(CN7C(=O)C=CC7=O)nn6)ncnc54)O[C@@H]3COP(O)(=S)O[C@H]2[C@H]1F. The van der Waals surface area contributed by atoms with E-state index in [0.717, 1.165) is 23.9 Å². The zero-order valence-electron chi connectivity index (χ0n) is 31.8. The Morgan fingerprint density at radius 2 is 1.44 bits per heavy atom. The number of nitrogens with two attached hydrogens (primary N) is 1. The third kappa shape index (κ3) is 8.81. The number of nitrogens with zero attached hydrogens (tertiary/aromatic N) is 12. The Labute approximate surface area is 361 Å². The molecule has 32 heteroatoms. The van der Waals surface area contributed by atoms with Gasteiger partial charge in [-0.3, -0.25) is 42.7 Å². The quantitative estimate of drug-likeness (QED) is 0.0894. The summed E-state index contributed by atoms with van der Waals surface area (Å²) < 4.78 is 76.0. The molecule has 3 saturated heterocycles.